The van der Waals surface area contributed by atoms with Crippen LogP contribution < -0.4 is 15.4 Å². The molecular formula is C23H25N3O3. The van der Waals surface area contributed by atoms with E-state index < -0.39 is 0 Å². The van der Waals surface area contributed by atoms with Gasteiger partial charge in [0.25, 0.3) is 5.91 Å². The van der Waals surface area contributed by atoms with Gasteiger partial charge in [-0.2, -0.15) is 0 Å². The SMILES string of the molecule is COc1ccc(NC(=O)c2cc(C)n(-c3ccccc3C)c2C)cc1NC(C)=O. The number of aryl methyl sites for hydroxylation is 2. The molecule has 0 fully saturated rings. The summed E-state index contributed by atoms with van der Waals surface area (Å²) in [4.78, 5) is 24.4. The van der Waals surface area contributed by atoms with Crippen LogP contribution in [0.5, 0.6) is 5.75 Å². The molecule has 0 spiro atoms. The molecule has 0 unspecified atom stereocenters. The second-order valence-corrected chi connectivity index (χ2v) is 6.96. The quantitative estimate of drug-likeness (QED) is 0.666. The van der Waals surface area contributed by atoms with Gasteiger partial charge in [-0.1, -0.05) is 18.2 Å². The average Bonchev–Trinajstić information content (AvgIpc) is 2.96. The van der Waals surface area contributed by atoms with Gasteiger partial charge in [0.05, 0.1) is 18.4 Å². The number of hydrogen-bond acceptors (Lipinski definition) is 3. The molecule has 0 atom stereocenters. The van der Waals surface area contributed by atoms with Gasteiger partial charge in [-0.15, -0.1) is 0 Å². The van der Waals surface area contributed by atoms with Gasteiger partial charge >= 0.3 is 0 Å². The van der Waals surface area contributed by atoms with Crippen molar-refractivity contribution < 1.29 is 14.3 Å². The Morgan fingerprint density at radius 3 is 2.34 bits per heavy atom. The molecular weight excluding hydrogens is 366 g/mol. The number of ether oxygens (including phenoxy) is 1. The zero-order valence-electron chi connectivity index (χ0n) is 17.3. The second-order valence-electron chi connectivity index (χ2n) is 6.96. The standard InChI is InChI=1S/C23H25N3O3/c1-14-8-6-7-9-21(14)26-15(2)12-19(16(26)3)23(28)25-18-10-11-22(29-5)20(13-18)24-17(4)27/h6-13H,1-5H3,(H,24,27)(H,25,28). The minimum Gasteiger partial charge on any atom is -0.495 e. The van der Waals surface area contributed by atoms with Crippen molar-refractivity contribution >= 4 is 23.2 Å². The molecule has 150 valence electrons. The van der Waals surface area contributed by atoms with Crippen LogP contribution >= 0.6 is 0 Å². The fourth-order valence-electron chi connectivity index (χ4n) is 3.45. The number of nitrogens with zero attached hydrogens (tertiary/aromatic N) is 1. The van der Waals surface area contributed by atoms with Gasteiger partial charge in [0, 0.05) is 29.7 Å². The normalized spacial score (nSPS) is 10.5. The number of rotatable bonds is 5. The first-order valence-corrected chi connectivity index (χ1v) is 9.33. The minimum absolute atomic E-state index is 0.211. The van der Waals surface area contributed by atoms with Crippen molar-refractivity contribution in [2.75, 3.05) is 17.7 Å². The van der Waals surface area contributed by atoms with Crippen molar-refractivity contribution in [3.8, 4) is 11.4 Å². The van der Waals surface area contributed by atoms with Crippen molar-refractivity contribution in [2.24, 2.45) is 0 Å². The second kappa shape index (κ2) is 8.22. The Morgan fingerprint density at radius 1 is 0.966 bits per heavy atom. The number of nitrogens with one attached hydrogen (secondary N) is 2. The molecule has 0 saturated carbocycles. The molecule has 0 aliphatic rings. The maximum Gasteiger partial charge on any atom is 0.257 e. The Balaban J connectivity index is 1.92. The Labute approximate surface area is 170 Å². The predicted molar refractivity (Wildman–Crippen MR) is 115 cm³/mol. The highest BCUT2D eigenvalue weighted by Gasteiger charge is 2.18. The van der Waals surface area contributed by atoms with Crippen molar-refractivity contribution in [3.05, 3.63) is 71.0 Å². The Kier molecular flexibility index (Phi) is 5.73. The molecule has 2 N–H and O–H groups in total. The van der Waals surface area contributed by atoms with E-state index in [1.807, 2.05) is 38.1 Å². The Hall–Kier alpha value is -3.54. The van der Waals surface area contributed by atoms with E-state index in [0.29, 0.717) is 22.7 Å². The summed E-state index contributed by atoms with van der Waals surface area (Å²) in [5.74, 6) is 0.0985. The third kappa shape index (κ3) is 4.16. The number of para-hydroxylation sites is 1. The number of carbonyl (C=O) groups excluding carboxylic acids is 2. The van der Waals surface area contributed by atoms with Crippen LogP contribution in [0.3, 0.4) is 0 Å². The highest BCUT2D eigenvalue weighted by molar-refractivity contribution is 6.06. The monoisotopic (exact) mass is 391 g/mol. The van der Waals surface area contributed by atoms with Crippen LogP contribution in [0.2, 0.25) is 0 Å². The third-order valence-corrected chi connectivity index (χ3v) is 4.80. The summed E-state index contributed by atoms with van der Waals surface area (Å²) in [6.45, 7) is 7.39. The number of hydrogen-bond donors (Lipinski definition) is 2. The summed E-state index contributed by atoms with van der Waals surface area (Å²) >= 11 is 0. The molecule has 3 rings (SSSR count). The van der Waals surface area contributed by atoms with Crippen LogP contribution in [0, 0.1) is 20.8 Å². The van der Waals surface area contributed by atoms with E-state index in [0.717, 1.165) is 22.6 Å². The molecule has 3 aromatic rings. The smallest absolute Gasteiger partial charge is 0.257 e. The summed E-state index contributed by atoms with van der Waals surface area (Å²) in [5, 5.41) is 5.62. The van der Waals surface area contributed by atoms with Crippen LogP contribution in [-0.4, -0.2) is 23.5 Å². The average molecular weight is 391 g/mol. The zero-order chi connectivity index (χ0) is 21.1. The number of benzene rings is 2. The highest BCUT2D eigenvalue weighted by Crippen LogP contribution is 2.29. The molecule has 29 heavy (non-hydrogen) atoms. The fraction of sp³-hybridized carbons (Fsp3) is 0.217. The highest BCUT2D eigenvalue weighted by atomic mass is 16.5. The lowest BCUT2D eigenvalue weighted by molar-refractivity contribution is -0.114. The number of amides is 2. The lowest BCUT2D eigenvalue weighted by Crippen LogP contribution is -2.14. The van der Waals surface area contributed by atoms with Gasteiger partial charge in [-0.25, -0.2) is 0 Å². The van der Waals surface area contributed by atoms with Crippen molar-refractivity contribution in [3.63, 3.8) is 0 Å². The molecule has 0 bridgehead atoms. The first-order chi connectivity index (χ1) is 13.8. The molecule has 2 amide bonds. The third-order valence-electron chi connectivity index (χ3n) is 4.80. The van der Waals surface area contributed by atoms with Crippen molar-refractivity contribution in [2.45, 2.75) is 27.7 Å². The van der Waals surface area contributed by atoms with Gasteiger partial charge in [-0.3, -0.25) is 9.59 Å². The van der Waals surface area contributed by atoms with Gasteiger partial charge in [0.1, 0.15) is 5.75 Å². The lowest BCUT2D eigenvalue weighted by Gasteiger charge is -2.13. The predicted octanol–water partition coefficient (Wildman–Crippen LogP) is 4.62. The van der Waals surface area contributed by atoms with E-state index >= 15 is 0 Å². The zero-order valence-corrected chi connectivity index (χ0v) is 17.3. The van der Waals surface area contributed by atoms with Gasteiger partial charge in [0.15, 0.2) is 0 Å². The summed E-state index contributed by atoms with van der Waals surface area (Å²) in [5.41, 5.74) is 5.71. The molecule has 2 aromatic carbocycles. The van der Waals surface area contributed by atoms with Gasteiger partial charge < -0.3 is 19.9 Å². The van der Waals surface area contributed by atoms with E-state index in [1.165, 1.54) is 14.0 Å². The van der Waals surface area contributed by atoms with E-state index in [4.69, 9.17) is 4.74 Å². The van der Waals surface area contributed by atoms with E-state index in [2.05, 4.69) is 28.2 Å². The van der Waals surface area contributed by atoms with E-state index in [1.54, 1.807) is 18.2 Å². The van der Waals surface area contributed by atoms with Crippen LogP contribution in [0.25, 0.3) is 5.69 Å². The summed E-state index contributed by atoms with van der Waals surface area (Å²) in [6.07, 6.45) is 0. The number of aromatic nitrogens is 1. The van der Waals surface area contributed by atoms with E-state index in [-0.39, 0.29) is 11.8 Å². The van der Waals surface area contributed by atoms with Crippen LogP contribution in [0.15, 0.2) is 48.5 Å². The number of carbonyl (C=O) groups is 2. The molecule has 1 aromatic heterocycles. The number of methoxy groups -OCH3 is 1. The van der Waals surface area contributed by atoms with Crippen molar-refractivity contribution in [1.29, 1.82) is 0 Å². The van der Waals surface area contributed by atoms with Crippen LogP contribution in [0.1, 0.15) is 34.2 Å². The lowest BCUT2D eigenvalue weighted by atomic mass is 10.2. The van der Waals surface area contributed by atoms with Crippen LogP contribution in [-0.2, 0) is 4.79 Å². The fourth-order valence-corrected chi connectivity index (χ4v) is 3.45. The maximum atomic E-state index is 13.0. The van der Waals surface area contributed by atoms with Gasteiger partial charge in [0.2, 0.25) is 5.91 Å². The molecule has 6 nitrogen and oxygen atoms in total. The maximum absolute atomic E-state index is 13.0. The van der Waals surface area contributed by atoms with E-state index in [9.17, 15) is 9.59 Å². The first kappa shape index (κ1) is 20.2. The molecule has 1 heterocycles. The van der Waals surface area contributed by atoms with Crippen molar-refractivity contribution in [1.82, 2.24) is 4.57 Å². The van der Waals surface area contributed by atoms with Crippen LogP contribution in [0.4, 0.5) is 11.4 Å². The molecule has 0 radical (unpaired) electrons. The number of anilines is 2. The topological polar surface area (TPSA) is 72.4 Å². The first-order valence-electron chi connectivity index (χ1n) is 9.33. The summed E-state index contributed by atoms with van der Waals surface area (Å²) in [7, 11) is 1.53. The molecule has 0 aliphatic heterocycles. The largest absolute Gasteiger partial charge is 0.495 e. The molecule has 0 aliphatic carbocycles. The minimum atomic E-state index is -0.214. The Morgan fingerprint density at radius 2 is 1.69 bits per heavy atom. The Bertz CT molecular complexity index is 1080. The molecule has 6 heteroatoms. The molecule has 0 saturated heterocycles. The summed E-state index contributed by atoms with van der Waals surface area (Å²) < 4.78 is 7.34. The van der Waals surface area contributed by atoms with Gasteiger partial charge in [-0.05, 0) is 56.7 Å². The summed E-state index contributed by atoms with van der Waals surface area (Å²) in [6, 6.07) is 15.1.